The van der Waals surface area contributed by atoms with Crippen LogP contribution in [0.5, 0.6) is 5.75 Å². The molecule has 1 aromatic rings. The lowest BCUT2D eigenvalue weighted by molar-refractivity contribution is 0.343. The Morgan fingerprint density at radius 3 is 2.29 bits per heavy atom. The summed E-state index contributed by atoms with van der Waals surface area (Å²) in [5, 5.41) is 0. The van der Waals surface area contributed by atoms with Gasteiger partial charge in [0.05, 0.1) is 6.61 Å². The highest BCUT2D eigenvalue weighted by Crippen LogP contribution is 2.24. The van der Waals surface area contributed by atoms with Crippen molar-refractivity contribution in [3.8, 4) is 5.75 Å². The molecule has 0 spiro atoms. The van der Waals surface area contributed by atoms with Crippen LogP contribution in [0.25, 0.3) is 0 Å². The lowest BCUT2D eigenvalue weighted by Crippen LogP contribution is -2.10. The highest BCUT2D eigenvalue weighted by molar-refractivity contribution is 7.99. The summed E-state index contributed by atoms with van der Waals surface area (Å²) in [6.45, 7) is 8.13. The van der Waals surface area contributed by atoms with Crippen molar-refractivity contribution in [2.24, 2.45) is 5.73 Å². The molecule has 1 aromatic carbocycles. The fourth-order valence-electron chi connectivity index (χ4n) is 1.45. The molecule has 0 amide bonds. The van der Waals surface area contributed by atoms with Gasteiger partial charge in [-0.1, -0.05) is 32.9 Å². The third-order valence-corrected chi connectivity index (χ3v) is 3.46. The van der Waals surface area contributed by atoms with Crippen molar-refractivity contribution in [3.63, 3.8) is 0 Å². The summed E-state index contributed by atoms with van der Waals surface area (Å²) in [6.07, 6.45) is 0. The molecule has 0 bridgehead atoms. The number of nitrogens with two attached hydrogens (primary N) is 1. The van der Waals surface area contributed by atoms with Gasteiger partial charge in [-0.2, -0.15) is 11.8 Å². The third-order valence-electron chi connectivity index (χ3n) is 2.48. The molecule has 2 N–H and O–H groups in total. The molecule has 17 heavy (non-hydrogen) atoms. The number of rotatable bonds is 6. The average Bonchev–Trinajstić information content (AvgIpc) is 2.28. The highest BCUT2D eigenvalue weighted by atomic mass is 32.2. The van der Waals surface area contributed by atoms with Crippen molar-refractivity contribution in [2.45, 2.75) is 26.2 Å². The van der Waals surface area contributed by atoms with Crippen molar-refractivity contribution in [1.29, 1.82) is 0 Å². The second-order valence-electron chi connectivity index (χ2n) is 5.02. The molecule has 0 aromatic heterocycles. The molecule has 0 fully saturated rings. The van der Waals surface area contributed by atoms with Gasteiger partial charge in [-0.05, 0) is 23.1 Å². The molecular weight excluding hydrogens is 230 g/mol. The average molecular weight is 253 g/mol. The van der Waals surface area contributed by atoms with Crippen LogP contribution in [0, 0.1) is 0 Å². The van der Waals surface area contributed by atoms with E-state index < -0.39 is 0 Å². The molecule has 0 atom stereocenters. The maximum Gasteiger partial charge on any atom is 0.119 e. The molecular formula is C14H23NOS. The Bertz CT molecular complexity index is 316. The van der Waals surface area contributed by atoms with E-state index in [-0.39, 0.29) is 5.41 Å². The first-order valence-corrected chi connectivity index (χ1v) is 7.20. The zero-order valence-corrected chi connectivity index (χ0v) is 11.8. The molecule has 0 radical (unpaired) electrons. The summed E-state index contributed by atoms with van der Waals surface area (Å²) in [5.74, 6) is 2.95. The van der Waals surface area contributed by atoms with E-state index in [1.165, 1.54) is 5.56 Å². The van der Waals surface area contributed by atoms with E-state index in [1.807, 2.05) is 23.9 Å². The quantitative estimate of drug-likeness (QED) is 0.791. The summed E-state index contributed by atoms with van der Waals surface area (Å²) in [7, 11) is 0. The number of ether oxygens (including phenoxy) is 1. The van der Waals surface area contributed by atoms with Crippen molar-refractivity contribution in [1.82, 2.24) is 0 Å². The molecule has 0 saturated heterocycles. The van der Waals surface area contributed by atoms with Crippen LogP contribution in [0.4, 0.5) is 0 Å². The smallest absolute Gasteiger partial charge is 0.119 e. The van der Waals surface area contributed by atoms with Gasteiger partial charge in [0.1, 0.15) is 5.75 Å². The van der Waals surface area contributed by atoms with E-state index in [2.05, 4.69) is 32.9 Å². The Kier molecular flexibility index (Phi) is 5.86. The zero-order chi connectivity index (χ0) is 12.7. The van der Waals surface area contributed by atoms with Gasteiger partial charge in [-0.25, -0.2) is 0 Å². The van der Waals surface area contributed by atoms with Gasteiger partial charge >= 0.3 is 0 Å². The minimum Gasteiger partial charge on any atom is -0.493 e. The molecule has 0 aliphatic rings. The topological polar surface area (TPSA) is 35.2 Å². The Morgan fingerprint density at radius 1 is 1.12 bits per heavy atom. The number of hydrogen-bond donors (Lipinski definition) is 1. The highest BCUT2D eigenvalue weighted by Gasteiger charge is 2.12. The first-order valence-electron chi connectivity index (χ1n) is 6.05. The van der Waals surface area contributed by atoms with Crippen LogP contribution >= 0.6 is 11.8 Å². The first-order chi connectivity index (χ1) is 8.04. The summed E-state index contributed by atoms with van der Waals surface area (Å²) < 4.78 is 5.66. The van der Waals surface area contributed by atoms with Crippen LogP contribution in [0.2, 0.25) is 0 Å². The second kappa shape index (κ2) is 6.92. The van der Waals surface area contributed by atoms with E-state index >= 15 is 0 Å². The van der Waals surface area contributed by atoms with Gasteiger partial charge in [0.25, 0.3) is 0 Å². The van der Waals surface area contributed by atoms with Crippen LogP contribution in [0.3, 0.4) is 0 Å². The molecule has 0 heterocycles. The van der Waals surface area contributed by atoms with Crippen LogP contribution < -0.4 is 10.5 Å². The Morgan fingerprint density at radius 2 is 1.76 bits per heavy atom. The van der Waals surface area contributed by atoms with Crippen LogP contribution in [0.15, 0.2) is 24.3 Å². The lowest BCUT2D eigenvalue weighted by atomic mass is 9.87. The number of benzene rings is 1. The summed E-state index contributed by atoms with van der Waals surface area (Å²) in [5.41, 5.74) is 6.96. The molecule has 0 aliphatic heterocycles. The van der Waals surface area contributed by atoms with Gasteiger partial charge in [-0.3, -0.25) is 0 Å². The summed E-state index contributed by atoms with van der Waals surface area (Å²) >= 11 is 1.83. The van der Waals surface area contributed by atoms with Crippen molar-refractivity contribution in [3.05, 3.63) is 29.8 Å². The van der Waals surface area contributed by atoms with Crippen molar-refractivity contribution >= 4 is 11.8 Å². The van der Waals surface area contributed by atoms with Gasteiger partial charge in [0.15, 0.2) is 0 Å². The molecule has 0 aliphatic carbocycles. The molecule has 1 rings (SSSR count). The lowest BCUT2D eigenvalue weighted by Gasteiger charge is -2.19. The summed E-state index contributed by atoms with van der Waals surface area (Å²) in [4.78, 5) is 0. The fourth-order valence-corrected chi connectivity index (χ4v) is 2.03. The zero-order valence-electron chi connectivity index (χ0n) is 11.0. The van der Waals surface area contributed by atoms with Crippen molar-refractivity contribution in [2.75, 3.05) is 24.7 Å². The standard InChI is InChI=1S/C14H23NOS/c1-14(2,3)12-4-6-13(7-5-12)16-9-11-17-10-8-15/h4-7H,8-11,15H2,1-3H3. The maximum absolute atomic E-state index is 5.66. The van der Waals surface area contributed by atoms with E-state index in [0.29, 0.717) is 0 Å². The maximum atomic E-state index is 5.66. The molecule has 3 heteroatoms. The van der Waals surface area contributed by atoms with Crippen molar-refractivity contribution < 1.29 is 4.74 Å². The SMILES string of the molecule is CC(C)(C)c1ccc(OCCSCCN)cc1. The van der Waals surface area contributed by atoms with Crippen LogP contribution in [0.1, 0.15) is 26.3 Å². The van der Waals surface area contributed by atoms with E-state index in [1.54, 1.807) is 0 Å². The van der Waals surface area contributed by atoms with Gasteiger partial charge < -0.3 is 10.5 Å². The van der Waals surface area contributed by atoms with Crippen LogP contribution in [-0.4, -0.2) is 24.7 Å². The minimum absolute atomic E-state index is 0.204. The van der Waals surface area contributed by atoms with Crippen LogP contribution in [-0.2, 0) is 5.41 Å². The minimum atomic E-state index is 0.204. The normalized spacial score (nSPS) is 11.5. The van der Waals surface area contributed by atoms with E-state index in [9.17, 15) is 0 Å². The summed E-state index contributed by atoms with van der Waals surface area (Å²) in [6, 6.07) is 8.38. The van der Waals surface area contributed by atoms with Gasteiger partial charge in [0.2, 0.25) is 0 Å². The predicted molar refractivity (Wildman–Crippen MR) is 77.0 cm³/mol. The van der Waals surface area contributed by atoms with E-state index in [4.69, 9.17) is 10.5 Å². The Balaban J connectivity index is 2.36. The fraction of sp³-hybridized carbons (Fsp3) is 0.571. The largest absolute Gasteiger partial charge is 0.493 e. The Hall–Kier alpha value is -0.670. The number of thioether (sulfide) groups is 1. The van der Waals surface area contributed by atoms with Gasteiger partial charge in [-0.15, -0.1) is 0 Å². The monoisotopic (exact) mass is 253 g/mol. The Labute approximate surface area is 109 Å². The molecule has 96 valence electrons. The molecule has 0 unspecified atom stereocenters. The predicted octanol–water partition coefficient (Wildman–Crippen LogP) is 3.05. The molecule has 2 nitrogen and oxygen atoms in total. The van der Waals surface area contributed by atoms with Gasteiger partial charge in [0, 0.05) is 18.1 Å². The first kappa shape index (κ1) is 14.4. The third kappa shape index (κ3) is 5.46. The molecule has 0 saturated carbocycles. The van der Waals surface area contributed by atoms with E-state index in [0.717, 1.165) is 30.4 Å². The number of hydrogen-bond acceptors (Lipinski definition) is 3. The second-order valence-corrected chi connectivity index (χ2v) is 6.25.